The summed E-state index contributed by atoms with van der Waals surface area (Å²) in [5, 5.41) is 6.22. The Morgan fingerprint density at radius 3 is 2.72 bits per heavy atom. The lowest BCUT2D eigenvalue weighted by atomic mass is 10.0. The molecule has 4 heterocycles. The predicted octanol–water partition coefficient (Wildman–Crippen LogP) is 0.462. The first kappa shape index (κ1) is 23.4. The number of nitrogens with zero attached hydrogens (tertiary/aromatic N) is 5. The molecule has 1 saturated heterocycles. The summed E-state index contributed by atoms with van der Waals surface area (Å²) in [5.74, 6) is -1.74. The Morgan fingerprint density at radius 1 is 1.17 bits per heavy atom. The van der Waals surface area contributed by atoms with Crippen LogP contribution in [0.4, 0.5) is 0 Å². The van der Waals surface area contributed by atoms with E-state index in [-0.39, 0.29) is 36.9 Å². The molecule has 1 aromatic heterocycles. The molecule has 0 aliphatic carbocycles. The maximum absolute atomic E-state index is 13.3. The van der Waals surface area contributed by atoms with Crippen molar-refractivity contribution in [3.8, 4) is 11.4 Å². The lowest BCUT2D eigenvalue weighted by molar-refractivity contribution is -0.150. The van der Waals surface area contributed by atoms with Crippen molar-refractivity contribution in [2.45, 2.75) is 38.3 Å². The van der Waals surface area contributed by atoms with Crippen LogP contribution in [-0.2, 0) is 25.7 Å². The van der Waals surface area contributed by atoms with Crippen LogP contribution < -0.4 is 5.32 Å². The third-order valence-electron chi connectivity index (χ3n) is 6.45. The van der Waals surface area contributed by atoms with Gasteiger partial charge in [-0.2, -0.15) is 4.98 Å². The van der Waals surface area contributed by atoms with Crippen molar-refractivity contribution in [3.05, 3.63) is 47.0 Å². The zero-order chi connectivity index (χ0) is 25.6. The number of piperidine rings is 1. The third-order valence-corrected chi connectivity index (χ3v) is 6.45. The molecular weight excluding hydrogens is 468 g/mol. The summed E-state index contributed by atoms with van der Waals surface area (Å²) in [6, 6.07) is 5.86. The van der Waals surface area contributed by atoms with E-state index in [1.54, 1.807) is 43.3 Å². The van der Waals surface area contributed by atoms with E-state index in [1.165, 1.54) is 4.90 Å². The molecule has 1 aromatic carbocycles. The Hall–Kier alpha value is -4.35. The first-order valence-electron chi connectivity index (χ1n) is 11.6. The second-order valence-corrected chi connectivity index (χ2v) is 9.09. The van der Waals surface area contributed by atoms with Crippen LogP contribution in [0.15, 0.2) is 40.1 Å². The van der Waals surface area contributed by atoms with Crippen molar-refractivity contribution in [1.82, 2.24) is 30.2 Å². The van der Waals surface area contributed by atoms with Gasteiger partial charge in [0.25, 0.3) is 17.7 Å². The van der Waals surface area contributed by atoms with E-state index in [0.29, 0.717) is 41.9 Å². The minimum absolute atomic E-state index is 0.0634. The number of rotatable bonds is 5. The van der Waals surface area contributed by atoms with E-state index < -0.39 is 29.7 Å². The Labute approximate surface area is 205 Å². The number of hydrogen-bond acceptors (Lipinski definition) is 9. The summed E-state index contributed by atoms with van der Waals surface area (Å²) in [5.41, 5.74) is 1.67. The lowest BCUT2D eigenvalue weighted by Gasteiger charge is -2.29. The Bertz CT molecular complexity index is 1330. The second kappa shape index (κ2) is 9.02. The molecule has 3 aliphatic rings. The van der Waals surface area contributed by atoms with Crippen LogP contribution in [-0.4, -0.2) is 81.1 Å². The van der Waals surface area contributed by atoms with Crippen molar-refractivity contribution < 1.29 is 28.5 Å². The van der Waals surface area contributed by atoms with Crippen LogP contribution in [0.3, 0.4) is 0 Å². The van der Waals surface area contributed by atoms with Gasteiger partial charge in [0.1, 0.15) is 11.7 Å². The highest BCUT2D eigenvalue weighted by Crippen LogP contribution is 2.34. The molecule has 186 valence electrons. The largest absolute Gasteiger partial charge is 0.357 e. The molecule has 12 heteroatoms. The zero-order valence-electron chi connectivity index (χ0n) is 19.8. The van der Waals surface area contributed by atoms with E-state index >= 15 is 0 Å². The van der Waals surface area contributed by atoms with E-state index in [9.17, 15) is 24.0 Å². The van der Waals surface area contributed by atoms with Crippen LogP contribution in [0.1, 0.15) is 41.9 Å². The Balaban J connectivity index is 1.35. The highest BCUT2D eigenvalue weighted by atomic mass is 16.5. The van der Waals surface area contributed by atoms with E-state index in [4.69, 9.17) is 4.52 Å². The number of nitrogens with one attached hydrogen (secondary N) is 1. The van der Waals surface area contributed by atoms with E-state index in [2.05, 4.69) is 15.5 Å². The number of hydrogen-bond donors (Lipinski definition) is 1. The van der Waals surface area contributed by atoms with Gasteiger partial charge in [-0.05, 0) is 31.4 Å². The summed E-state index contributed by atoms with van der Waals surface area (Å²) in [7, 11) is 3.33. The van der Waals surface area contributed by atoms with Crippen molar-refractivity contribution >= 4 is 29.5 Å². The van der Waals surface area contributed by atoms with Crippen LogP contribution in [0.2, 0.25) is 0 Å². The van der Waals surface area contributed by atoms with E-state index in [1.807, 2.05) is 0 Å². The molecule has 0 saturated carbocycles. The van der Waals surface area contributed by atoms with Gasteiger partial charge < -0.3 is 14.3 Å². The van der Waals surface area contributed by atoms with Gasteiger partial charge in [-0.3, -0.25) is 34.2 Å². The summed E-state index contributed by atoms with van der Waals surface area (Å²) in [6.45, 7) is 0.593. The molecule has 5 amide bonds. The molecule has 2 aromatic rings. The fourth-order valence-electron chi connectivity index (χ4n) is 4.71. The fourth-order valence-corrected chi connectivity index (χ4v) is 4.71. The highest BCUT2D eigenvalue weighted by molar-refractivity contribution is 6.21. The standard InChI is InChI=1S/C24H24N6O6/c1-28(2)22(33)14-6-3-5-13(11-14)20-26-18(36-27-20)12-29-10-4-7-15-19(29)24(35)30(23(15)34)16-8-9-17(31)25-21(16)32/h3,5-6,11,16H,4,7-10,12H2,1-2H3,(H,25,31,32). The zero-order valence-corrected chi connectivity index (χ0v) is 19.8. The molecule has 0 spiro atoms. The smallest absolute Gasteiger partial charge is 0.278 e. The molecule has 0 radical (unpaired) electrons. The average Bonchev–Trinajstić information content (AvgIpc) is 3.42. The molecule has 3 aliphatic heterocycles. The normalized spacial score (nSPS) is 20.1. The van der Waals surface area contributed by atoms with Gasteiger partial charge in [0.05, 0.1) is 6.54 Å². The van der Waals surface area contributed by atoms with Crippen LogP contribution in [0, 0.1) is 0 Å². The number of aromatic nitrogens is 2. The van der Waals surface area contributed by atoms with Crippen molar-refractivity contribution in [2.24, 2.45) is 0 Å². The molecule has 5 rings (SSSR count). The third kappa shape index (κ3) is 4.04. The second-order valence-electron chi connectivity index (χ2n) is 9.09. The van der Waals surface area contributed by atoms with Crippen LogP contribution in [0.25, 0.3) is 11.4 Å². The topological polar surface area (TPSA) is 146 Å². The molecular formula is C24H24N6O6. The Morgan fingerprint density at radius 2 is 1.97 bits per heavy atom. The molecule has 1 atom stereocenters. The lowest BCUT2D eigenvalue weighted by Crippen LogP contribution is -2.55. The van der Waals surface area contributed by atoms with Gasteiger partial charge in [0, 0.05) is 43.8 Å². The van der Waals surface area contributed by atoms with Gasteiger partial charge in [0.2, 0.25) is 23.5 Å². The highest BCUT2D eigenvalue weighted by Gasteiger charge is 2.48. The van der Waals surface area contributed by atoms with Gasteiger partial charge in [-0.15, -0.1) is 0 Å². The number of imide groups is 2. The SMILES string of the molecule is CN(C)C(=O)c1cccc(-c2noc(CN3CCCC4=C3C(=O)N(C3CCC(=O)NC3=O)C4=O)n2)c1. The predicted molar refractivity (Wildman–Crippen MR) is 122 cm³/mol. The molecule has 1 fully saturated rings. The molecule has 12 nitrogen and oxygen atoms in total. The number of amides is 5. The van der Waals surface area contributed by atoms with Gasteiger partial charge in [-0.1, -0.05) is 17.3 Å². The monoisotopic (exact) mass is 492 g/mol. The van der Waals surface area contributed by atoms with Gasteiger partial charge >= 0.3 is 0 Å². The number of benzene rings is 1. The Kier molecular flexibility index (Phi) is 5.86. The summed E-state index contributed by atoms with van der Waals surface area (Å²) >= 11 is 0. The summed E-state index contributed by atoms with van der Waals surface area (Å²) in [4.78, 5) is 71.1. The fraction of sp³-hybridized carbons (Fsp3) is 0.375. The van der Waals surface area contributed by atoms with E-state index in [0.717, 1.165) is 4.90 Å². The van der Waals surface area contributed by atoms with Crippen molar-refractivity contribution in [3.63, 3.8) is 0 Å². The molecule has 0 bridgehead atoms. The molecule has 36 heavy (non-hydrogen) atoms. The summed E-state index contributed by atoms with van der Waals surface area (Å²) in [6.07, 6.45) is 1.22. The number of carbonyl (C=O) groups excluding carboxylic acids is 5. The first-order chi connectivity index (χ1) is 17.2. The average molecular weight is 492 g/mol. The van der Waals surface area contributed by atoms with Crippen LogP contribution >= 0.6 is 0 Å². The molecule has 1 unspecified atom stereocenters. The van der Waals surface area contributed by atoms with Gasteiger partial charge in [-0.25, -0.2) is 0 Å². The van der Waals surface area contributed by atoms with Crippen LogP contribution in [0.5, 0.6) is 0 Å². The number of carbonyl (C=O) groups is 5. The maximum atomic E-state index is 13.3. The first-order valence-corrected chi connectivity index (χ1v) is 11.6. The van der Waals surface area contributed by atoms with Crippen molar-refractivity contribution in [2.75, 3.05) is 20.6 Å². The quantitative estimate of drug-likeness (QED) is 0.588. The van der Waals surface area contributed by atoms with Gasteiger partial charge in [0.15, 0.2) is 0 Å². The van der Waals surface area contributed by atoms with Crippen molar-refractivity contribution in [1.29, 1.82) is 0 Å². The maximum Gasteiger partial charge on any atom is 0.278 e. The molecule has 1 N–H and O–H groups in total. The minimum atomic E-state index is -1.01. The summed E-state index contributed by atoms with van der Waals surface area (Å²) < 4.78 is 5.42. The minimum Gasteiger partial charge on any atom is -0.357 e.